The van der Waals surface area contributed by atoms with Gasteiger partial charge >= 0.3 is 0 Å². The van der Waals surface area contributed by atoms with Crippen molar-refractivity contribution < 1.29 is 0 Å². The molecule has 1 saturated heterocycles. The average Bonchev–Trinajstić information content (AvgIpc) is 2.59. The van der Waals surface area contributed by atoms with Crippen LogP contribution in [0.15, 0.2) is 0 Å². The first kappa shape index (κ1) is 12.4. The SMILES string of the molecule is CCC1CCCCC1NC1CC(C)N(C)C1. The van der Waals surface area contributed by atoms with Crippen LogP contribution in [0.5, 0.6) is 0 Å². The van der Waals surface area contributed by atoms with Gasteiger partial charge in [-0.05, 0) is 39.2 Å². The molecular weight excluding hydrogens is 196 g/mol. The Labute approximate surface area is 101 Å². The van der Waals surface area contributed by atoms with Gasteiger partial charge in [-0.15, -0.1) is 0 Å². The van der Waals surface area contributed by atoms with Crippen LogP contribution in [0.3, 0.4) is 0 Å². The molecule has 94 valence electrons. The number of likely N-dealkylation sites (N-methyl/N-ethyl adjacent to an activating group) is 1. The van der Waals surface area contributed by atoms with Gasteiger partial charge < -0.3 is 10.2 Å². The number of nitrogens with one attached hydrogen (secondary N) is 1. The van der Waals surface area contributed by atoms with Gasteiger partial charge in [0.1, 0.15) is 0 Å². The van der Waals surface area contributed by atoms with Gasteiger partial charge in [0.15, 0.2) is 0 Å². The van der Waals surface area contributed by atoms with E-state index in [0.717, 1.165) is 24.0 Å². The standard InChI is InChI=1S/C14H28N2/c1-4-12-7-5-6-8-14(12)15-13-9-11(2)16(3)10-13/h11-15H,4-10H2,1-3H3. The molecule has 1 aliphatic heterocycles. The van der Waals surface area contributed by atoms with E-state index >= 15 is 0 Å². The van der Waals surface area contributed by atoms with Crippen LogP contribution in [-0.4, -0.2) is 36.6 Å². The summed E-state index contributed by atoms with van der Waals surface area (Å²) >= 11 is 0. The number of hydrogen-bond donors (Lipinski definition) is 1. The summed E-state index contributed by atoms with van der Waals surface area (Å²) in [7, 11) is 2.25. The van der Waals surface area contributed by atoms with E-state index in [2.05, 4.69) is 31.1 Å². The van der Waals surface area contributed by atoms with Crippen molar-refractivity contribution in [2.45, 2.75) is 70.5 Å². The molecule has 0 aromatic heterocycles. The number of nitrogens with zero attached hydrogens (tertiary/aromatic N) is 1. The number of hydrogen-bond acceptors (Lipinski definition) is 2. The fourth-order valence-electron chi connectivity index (χ4n) is 3.53. The second-order valence-corrected chi connectivity index (χ2v) is 5.95. The first-order valence-corrected chi connectivity index (χ1v) is 7.17. The molecule has 0 radical (unpaired) electrons. The van der Waals surface area contributed by atoms with E-state index in [1.807, 2.05) is 0 Å². The third kappa shape index (κ3) is 2.78. The van der Waals surface area contributed by atoms with E-state index in [1.165, 1.54) is 45.1 Å². The summed E-state index contributed by atoms with van der Waals surface area (Å²) in [6.07, 6.45) is 8.45. The minimum atomic E-state index is 0.747. The molecule has 2 fully saturated rings. The van der Waals surface area contributed by atoms with Crippen LogP contribution in [0.1, 0.15) is 52.4 Å². The summed E-state index contributed by atoms with van der Waals surface area (Å²) in [5, 5.41) is 3.94. The molecule has 2 aliphatic rings. The molecule has 0 aromatic carbocycles. The van der Waals surface area contributed by atoms with Crippen molar-refractivity contribution in [1.82, 2.24) is 10.2 Å². The minimum Gasteiger partial charge on any atom is -0.310 e. The predicted molar refractivity (Wildman–Crippen MR) is 69.7 cm³/mol. The normalized spacial score (nSPS) is 41.4. The first-order chi connectivity index (χ1) is 7.70. The van der Waals surface area contributed by atoms with E-state index in [4.69, 9.17) is 0 Å². The lowest BCUT2D eigenvalue weighted by Crippen LogP contribution is -2.45. The fraction of sp³-hybridized carbons (Fsp3) is 1.00. The summed E-state index contributed by atoms with van der Waals surface area (Å²) in [5.74, 6) is 0.940. The van der Waals surface area contributed by atoms with Crippen molar-refractivity contribution in [3.05, 3.63) is 0 Å². The molecule has 1 saturated carbocycles. The molecule has 2 rings (SSSR count). The van der Waals surface area contributed by atoms with Crippen LogP contribution in [0, 0.1) is 5.92 Å². The van der Waals surface area contributed by atoms with E-state index in [9.17, 15) is 0 Å². The first-order valence-electron chi connectivity index (χ1n) is 7.17. The topological polar surface area (TPSA) is 15.3 Å². The Kier molecular flexibility index (Phi) is 4.26. The zero-order valence-electron chi connectivity index (χ0n) is 11.2. The number of rotatable bonds is 3. The summed E-state index contributed by atoms with van der Waals surface area (Å²) in [6, 6.07) is 2.32. The van der Waals surface area contributed by atoms with E-state index in [0.29, 0.717) is 0 Å². The Balaban J connectivity index is 1.84. The largest absolute Gasteiger partial charge is 0.310 e. The summed E-state index contributed by atoms with van der Waals surface area (Å²) in [4.78, 5) is 2.49. The third-order valence-electron chi connectivity index (χ3n) is 4.77. The van der Waals surface area contributed by atoms with E-state index < -0.39 is 0 Å². The van der Waals surface area contributed by atoms with Crippen molar-refractivity contribution in [2.75, 3.05) is 13.6 Å². The quantitative estimate of drug-likeness (QED) is 0.793. The Morgan fingerprint density at radius 1 is 1.25 bits per heavy atom. The van der Waals surface area contributed by atoms with E-state index in [1.54, 1.807) is 0 Å². The summed E-state index contributed by atoms with van der Waals surface area (Å²) in [5.41, 5.74) is 0. The molecule has 0 bridgehead atoms. The fourth-order valence-corrected chi connectivity index (χ4v) is 3.53. The highest BCUT2D eigenvalue weighted by Gasteiger charge is 2.30. The number of likely N-dealkylation sites (tertiary alicyclic amines) is 1. The molecule has 0 amide bonds. The Morgan fingerprint density at radius 2 is 2.00 bits per heavy atom. The molecule has 16 heavy (non-hydrogen) atoms. The van der Waals surface area contributed by atoms with Gasteiger partial charge in [0.2, 0.25) is 0 Å². The van der Waals surface area contributed by atoms with Gasteiger partial charge in [-0.25, -0.2) is 0 Å². The lowest BCUT2D eigenvalue weighted by atomic mass is 9.82. The van der Waals surface area contributed by atoms with Gasteiger partial charge in [0.05, 0.1) is 0 Å². The molecule has 1 heterocycles. The van der Waals surface area contributed by atoms with Crippen LogP contribution in [-0.2, 0) is 0 Å². The van der Waals surface area contributed by atoms with Crippen molar-refractivity contribution in [3.63, 3.8) is 0 Å². The van der Waals surface area contributed by atoms with Gasteiger partial charge in [-0.3, -0.25) is 0 Å². The monoisotopic (exact) mass is 224 g/mol. The van der Waals surface area contributed by atoms with Crippen LogP contribution >= 0.6 is 0 Å². The van der Waals surface area contributed by atoms with Crippen LogP contribution < -0.4 is 5.32 Å². The summed E-state index contributed by atoms with van der Waals surface area (Å²) in [6.45, 7) is 5.95. The van der Waals surface area contributed by atoms with Crippen molar-refractivity contribution in [3.8, 4) is 0 Å². The Bertz CT molecular complexity index is 207. The highest BCUT2D eigenvalue weighted by molar-refractivity contribution is 4.90. The smallest absolute Gasteiger partial charge is 0.0212 e. The van der Waals surface area contributed by atoms with Crippen molar-refractivity contribution in [1.29, 1.82) is 0 Å². The van der Waals surface area contributed by atoms with Gasteiger partial charge in [0.25, 0.3) is 0 Å². The Morgan fingerprint density at radius 3 is 2.62 bits per heavy atom. The maximum atomic E-state index is 3.94. The zero-order valence-corrected chi connectivity index (χ0v) is 11.2. The molecule has 0 aromatic rings. The van der Waals surface area contributed by atoms with Gasteiger partial charge in [-0.2, -0.15) is 0 Å². The third-order valence-corrected chi connectivity index (χ3v) is 4.77. The lowest BCUT2D eigenvalue weighted by Gasteiger charge is -2.33. The average molecular weight is 224 g/mol. The second-order valence-electron chi connectivity index (χ2n) is 5.95. The van der Waals surface area contributed by atoms with Crippen LogP contribution in [0.25, 0.3) is 0 Å². The zero-order chi connectivity index (χ0) is 11.5. The Hall–Kier alpha value is -0.0800. The van der Waals surface area contributed by atoms with Gasteiger partial charge in [-0.1, -0.05) is 26.2 Å². The lowest BCUT2D eigenvalue weighted by molar-refractivity contribution is 0.235. The molecule has 1 aliphatic carbocycles. The van der Waals surface area contributed by atoms with E-state index in [-0.39, 0.29) is 0 Å². The minimum absolute atomic E-state index is 0.747. The highest BCUT2D eigenvalue weighted by atomic mass is 15.2. The molecule has 0 spiro atoms. The molecular formula is C14H28N2. The molecule has 1 N–H and O–H groups in total. The maximum absolute atomic E-state index is 3.94. The van der Waals surface area contributed by atoms with Gasteiger partial charge in [0, 0.05) is 24.7 Å². The van der Waals surface area contributed by atoms with Crippen LogP contribution in [0.4, 0.5) is 0 Å². The second kappa shape index (κ2) is 5.50. The molecule has 2 heteroatoms. The highest BCUT2D eigenvalue weighted by Crippen LogP contribution is 2.28. The molecule has 4 atom stereocenters. The predicted octanol–water partition coefficient (Wildman–Crippen LogP) is 2.64. The summed E-state index contributed by atoms with van der Waals surface area (Å²) < 4.78 is 0. The molecule has 2 nitrogen and oxygen atoms in total. The van der Waals surface area contributed by atoms with Crippen LogP contribution in [0.2, 0.25) is 0 Å². The molecule has 4 unspecified atom stereocenters. The maximum Gasteiger partial charge on any atom is 0.0212 e. The van der Waals surface area contributed by atoms with Crippen molar-refractivity contribution in [2.24, 2.45) is 5.92 Å². The van der Waals surface area contributed by atoms with Crippen molar-refractivity contribution >= 4 is 0 Å².